The molecule has 2 amide bonds. The Morgan fingerprint density at radius 1 is 1.06 bits per heavy atom. The zero-order valence-corrected chi connectivity index (χ0v) is 17.9. The molecule has 0 aliphatic carbocycles. The molecule has 9 heteroatoms. The van der Waals surface area contributed by atoms with Crippen LogP contribution in [0, 0.1) is 0 Å². The van der Waals surface area contributed by atoms with Crippen LogP contribution in [0.1, 0.15) is 25.0 Å². The highest BCUT2D eigenvalue weighted by Gasteiger charge is 2.35. The molecule has 1 N–H and O–H groups in total. The number of hydrogen-bond acceptors (Lipinski definition) is 5. The molecule has 0 spiro atoms. The van der Waals surface area contributed by atoms with Crippen LogP contribution in [0.3, 0.4) is 0 Å². The molecule has 0 radical (unpaired) electrons. The molecule has 31 heavy (non-hydrogen) atoms. The van der Waals surface area contributed by atoms with Crippen LogP contribution < -0.4 is 10.2 Å². The number of nitrogens with zero attached hydrogens (tertiary/aromatic N) is 2. The number of carbonyl (C=O) groups excluding carboxylic acids is 2. The highest BCUT2D eigenvalue weighted by atomic mass is 32.2. The van der Waals surface area contributed by atoms with Crippen molar-refractivity contribution in [3.63, 3.8) is 0 Å². The third-order valence-electron chi connectivity index (χ3n) is 4.82. The molecule has 1 aliphatic heterocycles. The lowest BCUT2D eigenvalue weighted by atomic mass is 10.1. The summed E-state index contributed by atoms with van der Waals surface area (Å²) in [5, 5.41) is 2.24. The molecule has 0 saturated carbocycles. The fourth-order valence-electron chi connectivity index (χ4n) is 3.13. The summed E-state index contributed by atoms with van der Waals surface area (Å²) < 4.78 is 38.5. The second kappa shape index (κ2) is 9.47. The first-order valence-electron chi connectivity index (χ1n) is 9.74. The summed E-state index contributed by atoms with van der Waals surface area (Å²) in [7, 11) is 0. The number of imide groups is 1. The van der Waals surface area contributed by atoms with Crippen LogP contribution in [0.25, 0.3) is 6.08 Å². The van der Waals surface area contributed by atoms with Crippen molar-refractivity contribution in [2.75, 3.05) is 30.0 Å². The normalized spacial score (nSPS) is 15.6. The zero-order chi connectivity index (χ0) is 22.6. The molecule has 1 saturated heterocycles. The Hall–Kier alpha value is -2.94. The highest BCUT2D eigenvalue weighted by Crippen LogP contribution is 2.33. The van der Waals surface area contributed by atoms with Crippen LogP contribution in [0.4, 0.5) is 29.3 Å². The lowest BCUT2D eigenvalue weighted by molar-refractivity contribution is -0.137. The van der Waals surface area contributed by atoms with Crippen LogP contribution in [0.2, 0.25) is 0 Å². The maximum absolute atomic E-state index is 12.8. The minimum atomic E-state index is -4.47. The molecule has 0 atom stereocenters. The van der Waals surface area contributed by atoms with Crippen LogP contribution in [-0.4, -0.2) is 35.8 Å². The summed E-state index contributed by atoms with van der Waals surface area (Å²) in [6.07, 6.45) is -2.83. The fourth-order valence-corrected chi connectivity index (χ4v) is 3.97. The van der Waals surface area contributed by atoms with E-state index in [1.807, 2.05) is 24.3 Å². The van der Waals surface area contributed by atoms with Gasteiger partial charge in [0.15, 0.2) is 0 Å². The van der Waals surface area contributed by atoms with Gasteiger partial charge in [0, 0.05) is 24.5 Å². The van der Waals surface area contributed by atoms with E-state index in [9.17, 15) is 22.8 Å². The van der Waals surface area contributed by atoms with Crippen LogP contribution >= 0.6 is 11.8 Å². The number of alkyl halides is 3. The van der Waals surface area contributed by atoms with Gasteiger partial charge in [-0.3, -0.25) is 14.5 Å². The van der Waals surface area contributed by atoms with Gasteiger partial charge in [-0.15, -0.1) is 0 Å². The average Bonchev–Trinajstić information content (AvgIpc) is 3.00. The lowest BCUT2D eigenvalue weighted by Crippen LogP contribution is -2.33. The summed E-state index contributed by atoms with van der Waals surface area (Å²) in [5.41, 5.74) is 1.22. The van der Waals surface area contributed by atoms with Gasteiger partial charge in [-0.2, -0.15) is 13.2 Å². The molecule has 0 bridgehead atoms. The molecule has 0 aromatic heterocycles. The van der Waals surface area contributed by atoms with E-state index in [1.54, 1.807) is 6.08 Å². The number of nitrogens with one attached hydrogen (secondary N) is 1. The van der Waals surface area contributed by atoms with E-state index in [0.29, 0.717) is 0 Å². The van der Waals surface area contributed by atoms with Crippen LogP contribution in [-0.2, 0) is 11.0 Å². The van der Waals surface area contributed by atoms with Crippen molar-refractivity contribution in [2.45, 2.75) is 20.0 Å². The molecular weight excluding hydrogens is 427 g/mol. The Morgan fingerprint density at radius 2 is 1.74 bits per heavy atom. The fraction of sp³-hybridized carbons (Fsp3) is 0.273. The molecule has 3 rings (SSSR count). The van der Waals surface area contributed by atoms with E-state index in [-0.39, 0.29) is 17.3 Å². The summed E-state index contributed by atoms with van der Waals surface area (Å²) in [6.45, 7) is 5.69. The van der Waals surface area contributed by atoms with Gasteiger partial charge in [-0.05, 0) is 67.6 Å². The maximum atomic E-state index is 12.8. The van der Waals surface area contributed by atoms with Crippen molar-refractivity contribution in [2.24, 2.45) is 0 Å². The molecular formula is C22H22F3N3O2S. The van der Waals surface area contributed by atoms with Gasteiger partial charge < -0.3 is 10.2 Å². The Labute approximate surface area is 182 Å². The quantitative estimate of drug-likeness (QED) is 0.553. The van der Waals surface area contributed by atoms with Gasteiger partial charge in [0.25, 0.3) is 11.1 Å². The molecule has 1 heterocycles. The molecule has 5 nitrogen and oxygen atoms in total. The number of rotatable bonds is 7. The van der Waals surface area contributed by atoms with E-state index in [0.717, 1.165) is 53.1 Å². The van der Waals surface area contributed by atoms with E-state index in [1.165, 1.54) is 12.1 Å². The number of thioether (sulfide) groups is 1. The molecule has 1 fully saturated rings. The summed E-state index contributed by atoms with van der Waals surface area (Å²) in [5.74, 6) is -0.484. The molecule has 2 aromatic rings. The maximum Gasteiger partial charge on any atom is 0.416 e. The van der Waals surface area contributed by atoms with Crippen molar-refractivity contribution >= 4 is 40.4 Å². The predicted molar refractivity (Wildman–Crippen MR) is 118 cm³/mol. The van der Waals surface area contributed by atoms with Crippen molar-refractivity contribution in [3.8, 4) is 0 Å². The SMILES string of the molecule is CCN(CC)c1ccc(/C=C2\SC(=O)N(CNc3cccc(C(F)(F)F)c3)C2=O)cc1. The largest absolute Gasteiger partial charge is 0.416 e. The smallest absolute Gasteiger partial charge is 0.372 e. The summed E-state index contributed by atoms with van der Waals surface area (Å²) in [4.78, 5) is 28.3. The molecule has 164 valence electrons. The predicted octanol–water partition coefficient (Wildman–Crippen LogP) is 5.66. The Balaban J connectivity index is 1.68. The van der Waals surface area contributed by atoms with Crippen molar-refractivity contribution in [1.29, 1.82) is 0 Å². The standard InChI is InChI=1S/C22H22F3N3O2S/c1-3-27(4-2)18-10-8-15(9-11-18)12-19-20(29)28(21(30)31-19)14-26-17-7-5-6-16(13-17)22(23,24)25/h5-13,26H,3-4,14H2,1-2H3/b19-12-. The summed E-state index contributed by atoms with van der Waals surface area (Å²) >= 11 is 0.807. The van der Waals surface area contributed by atoms with Crippen molar-refractivity contribution < 1.29 is 22.8 Å². The number of benzene rings is 2. The Kier molecular flexibility index (Phi) is 6.94. The molecule has 0 unspecified atom stereocenters. The number of carbonyl (C=O) groups is 2. The van der Waals surface area contributed by atoms with Gasteiger partial charge >= 0.3 is 6.18 Å². The monoisotopic (exact) mass is 449 g/mol. The minimum Gasteiger partial charge on any atom is -0.372 e. The van der Waals surface area contributed by atoms with Crippen molar-refractivity contribution in [1.82, 2.24) is 4.90 Å². The second-order valence-electron chi connectivity index (χ2n) is 6.79. The third kappa shape index (κ3) is 5.41. The first kappa shape index (κ1) is 22.7. The topological polar surface area (TPSA) is 52.7 Å². The van der Waals surface area contributed by atoms with E-state index < -0.39 is 22.9 Å². The Morgan fingerprint density at radius 3 is 2.35 bits per heavy atom. The van der Waals surface area contributed by atoms with Gasteiger partial charge in [-0.1, -0.05) is 18.2 Å². The number of hydrogen-bond donors (Lipinski definition) is 1. The first-order valence-corrected chi connectivity index (χ1v) is 10.6. The molecule has 1 aliphatic rings. The molecule has 2 aromatic carbocycles. The van der Waals surface area contributed by atoms with E-state index in [4.69, 9.17) is 0 Å². The average molecular weight is 449 g/mol. The summed E-state index contributed by atoms with van der Waals surface area (Å²) in [6, 6.07) is 12.3. The van der Waals surface area contributed by atoms with Crippen LogP contribution in [0.5, 0.6) is 0 Å². The Bertz CT molecular complexity index is 986. The number of halogens is 3. The highest BCUT2D eigenvalue weighted by molar-refractivity contribution is 8.18. The number of anilines is 2. The van der Waals surface area contributed by atoms with Crippen molar-refractivity contribution in [3.05, 3.63) is 64.6 Å². The number of amides is 2. The van der Waals surface area contributed by atoms with E-state index in [2.05, 4.69) is 24.1 Å². The first-order chi connectivity index (χ1) is 14.7. The third-order valence-corrected chi connectivity index (χ3v) is 5.73. The second-order valence-corrected chi connectivity index (χ2v) is 7.78. The van der Waals surface area contributed by atoms with E-state index >= 15 is 0 Å². The van der Waals surface area contributed by atoms with Gasteiger partial charge in [0.1, 0.15) is 0 Å². The van der Waals surface area contributed by atoms with Gasteiger partial charge in [-0.25, -0.2) is 0 Å². The lowest BCUT2D eigenvalue weighted by Gasteiger charge is -2.20. The van der Waals surface area contributed by atoms with Crippen LogP contribution in [0.15, 0.2) is 53.4 Å². The minimum absolute atomic E-state index is 0.171. The van der Waals surface area contributed by atoms with Gasteiger partial charge in [0.05, 0.1) is 17.1 Å². The zero-order valence-electron chi connectivity index (χ0n) is 17.1. The van der Waals surface area contributed by atoms with Gasteiger partial charge in [0.2, 0.25) is 0 Å².